The van der Waals surface area contributed by atoms with Gasteiger partial charge in [0, 0.05) is 16.6 Å². The molecule has 3 rings (SSSR count). The quantitative estimate of drug-likeness (QED) is 0.304. The number of amides is 1. The van der Waals surface area contributed by atoms with Crippen LogP contribution in [0.15, 0.2) is 63.3 Å². The minimum atomic E-state index is -0.210. The van der Waals surface area contributed by atoms with Crippen LogP contribution in [0.1, 0.15) is 12.5 Å². The van der Waals surface area contributed by atoms with Crippen LogP contribution in [0.4, 0.5) is 0 Å². The van der Waals surface area contributed by atoms with E-state index in [0.29, 0.717) is 11.7 Å². The number of aromatic nitrogens is 3. The standard InChI is InChI=1S/C20H20BrN5O2S/c1-3-26-19(15-7-9-17(28-2)10-8-15)24-25-20(26)29-13-18(27)23-22-12-14-5-4-6-16(21)11-14/h4-12H,3,13H2,1-2H3,(H,23,27). The van der Waals surface area contributed by atoms with E-state index in [2.05, 4.69) is 36.7 Å². The van der Waals surface area contributed by atoms with Crippen LogP contribution in [0.25, 0.3) is 11.4 Å². The van der Waals surface area contributed by atoms with Gasteiger partial charge in [-0.3, -0.25) is 4.79 Å². The van der Waals surface area contributed by atoms with Gasteiger partial charge in [0.05, 0.1) is 19.1 Å². The number of carbonyl (C=O) groups excluding carboxylic acids is 1. The van der Waals surface area contributed by atoms with Gasteiger partial charge in [0.1, 0.15) is 5.75 Å². The van der Waals surface area contributed by atoms with Crippen LogP contribution in [-0.2, 0) is 11.3 Å². The highest BCUT2D eigenvalue weighted by Gasteiger charge is 2.14. The molecule has 0 fully saturated rings. The fourth-order valence-electron chi connectivity index (χ4n) is 2.56. The average molecular weight is 474 g/mol. The summed E-state index contributed by atoms with van der Waals surface area (Å²) in [5.41, 5.74) is 4.36. The molecule has 0 aliphatic rings. The zero-order chi connectivity index (χ0) is 20.6. The lowest BCUT2D eigenvalue weighted by Crippen LogP contribution is -2.20. The molecule has 0 aliphatic heterocycles. The van der Waals surface area contributed by atoms with Gasteiger partial charge in [-0.05, 0) is 48.9 Å². The summed E-state index contributed by atoms with van der Waals surface area (Å²) in [5.74, 6) is 1.52. The number of nitrogens with zero attached hydrogens (tertiary/aromatic N) is 4. The van der Waals surface area contributed by atoms with E-state index in [-0.39, 0.29) is 11.7 Å². The number of benzene rings is 2. The molecule has 0 atom stereocenters. The van der Waals surface area contributed by atoms with E-state index in [1.165, 1.54) is 11.8 Å². The van der Waals surface area contributed by atoms with Crippen molar-refractivity contribution in [1.29, 1.82) is 0 Å². The average Bonchev–Trinajstić information content (AvgIpc) is 3.15. The Labute approximate surface area is 181 Å². The fraction of sp³-hybridized carbons (Fsp3) is 0.200. The monoisotopic (exact) mass is 473 g/mol. The van der Waals surface area contributed by atoms with Gasteiger partial charge in [0.2, 0.25) is 0 Å². The Balaban J connectivity index is 1.60. The Bertz CT molecular complexity index is 1000. The molecule has 29 heavy (non-hydrogen) atoms. The maximum Gasteiger partial charge on any atom is 0.250 e. The van der Waals surface area contributed by atoms with Crippen molar-refractivity contribution < 1.29 is 9.53 Å². The highest BCUT2D eigenvalue weighted by Crippen LogP contribution is 2.25. The normalized spacial score (nSPS) is 11.0. The summed E-state index contributed by atoms with van der Waals surface area (Å²) in [6.07, 6.45) is 1.60. The second-order valence-corrected chi connectivity index (χ2v) is 7.77. The van der Waals surface area contributed by atoms with E-state index in [0.717, 1.165) is 27.2 Å². The van der Waals surface area contributed by atoms with E-state index in [1.807, 2.05) is 60.0 Å². The van der Waals surface area contributed by atoms with E-state index in [1.54, 1.807) is 13.3 Å². The number of carbonyl (C=O) groups is 1. The number of rotatable bonds is 8. The Morgan fingerprint density at radius 2 is 2.07 bits per heavy atom. The molecular weight excluding hydrogens is 454 g/mol. The third-order valence-corrected chi connectivity index (χ3v) is 5.43. The predicted molar refractivity (Wildman–Crippen MR) is 118 cm³/mol. The second-order valence-electron chi connectivity index (χ2n) is 5.92. The van der Waals surface area contributed by atoms with Gasteiger partial charge in [0.15, 0.2) is 11.0 Å². The first-order valence-electron chi connectivity index (χ1n) is 8.88. The lowest BCUT2D eigenvalue weighted by Gasteiger charge is -2.07. The van der Waals surface area contributed by atoms with Crippen molar-refractivity contribution >= 4 is 39.8 Å². The summed E-state index contributed by atoms with van der Waals surface area (Å²) in [6.45, 7) is 2.71. The summed E-state index contributed by atoms with van der Waals surface area (Å²) < 4.78 is 8.12. The van der Waals surface area contributed by atoms with Crippen LogP contribution in [0.3, 0.4) is 0 Å². The molecule has 0 unspecified atom stereocenters. The van der Waals surface area contributed by atoms with Gasteiger partial charge >= 0.3 is 0 Å². The molecule has 2 aromatic carbocycles. The largest absolute Gasteiger partial charge is 0.497 e. The maximum absolute atomic E-state index is 12.1. The van der Waals surface area contributed by atoms with Crippen LogP contribution in [-0.4, -0.2) is 39.7 Å². The zero-order valence-electron chi connectivity index (χ0n) is 16.0. The third-order valence-electron chi connectivity index (χ3n) is 3.97. The minimum Gasteiger partial charge on any atom is -0.497 e. The Morgan fingerprint density at radius 1 is 1.28 bits per heavy atom. The van der Waals surface area contributed by atoms with Crippen LogP contribution >= 0.6 is 27.7 Å². The number of ether oxygens (including phenoxy) is 1. The van der Waals surface area contributed by atoms with Gasteiger partial charge in [-0.15, -0.1) is 10.2 Å². The molecule has 0 spiro atoms. The molecule has 0 bridgehead atoms. The zero-order valence-corrected chi connectivity index (χ0v) is 18.4. The molecular formula is C20H20BrN5O2S. The Kier molecular flexibility index (Phi) is 7.42. The molecule has 7 nitrogen and oxygen atoms in total. The number of methoxy groups -OCH3 is 1. The van der Waals surface area contributed by atoms with Crippen LogP contribution in [0.2, 0.25) is 0 Å². The molecule has 1 amide bonds. The van der Waals surface area contributed by atoms with Gasteiger partial charge in [-0.1, -0.05) is 39.8 Å². The van der Waals surface area contributed by atoms with Gasteiger partial charge < -0.3 is 9.30 Å². The molecule has 9 heteroatoms. The number of halogens is 1. The third kappa shape index (κ3) is 5.68. The van der Waals surface area contributed by atoms with Crippen molar-refractivity contribution in [1.82, 2.24) is 20.2 Å². The summed E-state index contributed by atoms with van der Waals surface area (Å²) in [6, 6.07) is 15.3. The first-order valence-corrected chi connectivity index (χ1v) is 10.7. The van der Waals surface area contributed by atoms with Crippen LogP contribution < -0.4 is 10.2 Å². The van der Waals surface area contributed by atoms with Crippen molar-refractivity contribution in [2.45, 2.75) is 18.6 Å². The van der Waals surface area contributed by atoms with Crippen molar-refractivity contribution in [2.75, 3.05) is 12.9 Å². The molecule has 0 saturated carbocycles. The number of hydrogen-bond donors (Lipinski definition) is 1. The summed E-state index contributed by atoms with van der Waals surface area (Å²) in [5, 5.41) is 13.2. The molecule has 1 heterocycles. The lowest BCUT2D eigenvalue weighted by atomic mass is 10.2. The van der Waals surface area contributed by atoms with Crippen molar-refractivity contribution in [3.63, 3.8) is 0 Å². The van der Waals surface area contributed by atoms with Crippen LogP contribution in [0.5, 0.6) is 5.75 Å². The Morgan fingerprint density at radius 3 is 2.76 bits per heavy atom. The topological polar surface area (TPSA) is 81.4 Å². The molecule has 3 aromatic rings. The summed E-state index contributed by atoms with van der Waals surface area (Å²) in [7, 11) is 1.63. The van der Waals surface area contributed by atoms with Gasteiger partial charge in [0.25, 0.3) is 5.91 Å². The lowest BCUT2D eigenvalue weighted by molar-refractivity contribution is -0.118. The number of hydrogen-bond acceptors (Lipinski definition) is 6. The smallest absolute Gasteiger partial charge is 0.250 e. The van der Waals surface area contributed by atoms with Crippen LogP contribution in [0, 0.1) is 0 Å². The highest BCUT2D eigenvalue weighted by molar-refractivity contribution is 9.10. The molecule has 150 valence electrons. The van der Waals surface area contributed by atoms with Gasteiger partial charge in [-0.2, -0.15) is 5.10 Å². The highest BCUT2D eigenvalue weighted by atomic mass is 79.9. The first kappa shape index (κ1) is 21.1. The molecule has 0 saturated heterocycles. The molecule has 1 N–H and O–H groups in total. The Hall–Kier alpha value is -2.65. The predicted octanol–water partition coefficient (Wildman–Crippen LogP) is 3.98. The summed E-state index contributed by atoms with van der Waals surface area (Å²) >= 11 is 4.72. The molecule has 1 aromatic heterocycles. The second kappa shape index (κ2) is 10.2. The number of hydrazone groups is 1. The van der Waals surface area contributed by atoms with E-state index >= 15 is 0 Å². The fourth-order valence-corrected chi connectivity index (χ4v) is 3.77. The molecule has 0 radical (unpaired) electrons. The number of nitrogens with one attached hydrogen (secondary N) is 1. The van der Waals surface area contributed by atoms with Crippen molar-refractivity contribution in [3.8, 4) is 17.1 Å². The van der Waals surface area contributed by atoms with E-state index < -0.39 is 0 Å². The molecule has 0 aliphatic carbocycles. The van der Waals surface area contributed by atoms with Gasteiger partial charge in [-0.25, -0.2) is 5.43 Å². The van der Waals surface area contributed by atoms with Crippen molar-refractivity contribution in [3.05, 3.63) is 58.6 Å². The van der Waals surface area contributed by atoms with Crippen molar-refractivity contribution in [2.24, 2.45) is 5.10 Å². The van der Waals surface area contributed by atoms with E-state index in [9.17, 15) is 4.79 Å². The summed E-state index contributed by atoms with van der Waals surface area (Å²) in [4.78, 5) is 12.1. The SMILES string of the molecule is CCn1c(SCC(=O)NN=Cc2cccc(Br)c2)nnc1-c1ccc(OC)cc1. The maximum atomic E-state index is 12.1. The minimum absolute atomic E-state index is 0.191. The van der Waals surface area contributed by atoms with E-state index in [4.69, 9.17) is 4.74 Å². The number of thioether (sulfide) groups is 1. The first-order chi connectivity index (χ1) is 14.1.